The van der Waals surface area contributed by atoms with Crippen molar-refractivity contribution in [2.24, 2.45) is 5.41 Å². The Hall–Kier alpha value is 0.340. The number of rotatable bonds is 4. The molecule has 0 amide bonds. The Labute approximate surface area is 103 Å². The molecule has 0 aromatic heterocycles. The molecule has 3 heteroatoms. The quantitative estimate of drug-likeness (QED) is 0.577. The number of hydrogen-bond acceptors (Lipinski definition) is 1. The van der Waals surface area contributed by atoms with Crippen LogP contribution in [0.5, 0.6) is 0 Å². The summed E-state index contributed by atoms with van der Waals surface area (Å²) in [6, 6.07) is 8.07. The molecule has 1 fully saturated rings. The van der Waals surface area contributed by atoms with Gasteiger partial charge in [-0.1, -0.05) is 39.7 Å². The molecule has 0 atom stereocenters. The molecular formula is C11H12BrClS. The van der Waals surface area contributed by atoms with Gasteiger partial charge in [0.2, 0.25) is 0 Å². The lowest BCUT2D eigenvalue weighted by Crippen LogP contribution is -2.04. The maximum absolute atomic E-state index is 6.08. The van der Waals surface area contributed by atoms with E-state index in [1.807, 2.05) is 30.0 Å². The van der Waals surface area contributed by atoms with Crippen molar-refractivity contribution >= 4 is 39.3 Å². The maximum atomic E-state index is 6.08. The normalized spacial score (nSPS) is 18.1. The SMILES string of the molecule is Clc1ccccc1SCC1(CBr)CC1. The van der Waals surface area contributed by atoms with Crippen molar-refractivity contribution in [3.05, 3.63) is 29.3 Å². The largest absolute Gasteiger partial charge is 0.124 e. The summed E-state index contributed by atoms with van der Waals surface area (Å²) in [6.45, 7) is 0. The topological polar surface area (TPSA) is 0 Å². The van der Waals surface area contributed by atoms with Crippen molar-refractivity contribution in [3.63, 3.8) is 0 Å². The Morgan fingerprint density at radius 3 is 2.64 bits per heavy atom. The minimum atomic E-state index is 0.559. The van der Waals surface area contributed by atoms with Gasteiger partial charge in [0, 0.05) is 16.0 Å². The lowest BCUT2D eigenvalue weighted by Gasteiger charge is -2.10. The Morgan fingerprint density at radius 1 is 1.36 bits per heavy atom. The first-order valence-electron chi connectivity index (χ1n) is 4.69. The molecule has 2 rings (SSSR count). The molecule has 0 heterocycles. The monoisotopic (exact) mass is 290 g/mol. The highest BCUT2D eigenvalue weighted by Gasteiger charge is 2.41. The van der Waals surface area contributed by atoms with Crippen LogP contribution in [0.2, 0.25) is 5.02 Å². The summed E-state index contributed by atoms with van der Waals surface area (Å²) in [5, 5.41) is 2.00. The van der Waals surface area contributed by atoms with Crippen molar-refractivity contribution in [2.45, 2.75) is 17.7 Å². The van der Waals surface area contributed by atoms with E-state index in [0.717, 1.165) is 10.4 Å². The number of hydrogen-bond donors (Lipinski definition) is 0. The zero-order chi connectivity index (χ0) is 10.0. The molecule has 0 spiro atoms. The van der Waals surface area contributed by atoms with Gasteiger partial charge in [-0.25, -0.2) is 0 Å². The minimum Gasteiger partial charge on any atom is -0.124 e. The van der Waals surface area contributed by atoms with E-state index in [1.54, 1.807) is 0 Å². The highest BCUT2D eigenvalue weighted by Crippen LogP contribution is 2.50. The van der Waals surface area contributed by atoms with E-state index in [4.69, 9.17) is 11.6 Å². The second-order valence-corrected chi connectivity index (χ2v) is 5.84. The second-order valence-electron chi connectivity index (χ2n) is 3.85. The fourth-order valence-electron chi connectivity index (χ4n) is 1.29. The van der Waals surface area contributed by atoms with Crippen molar-refractivity contribution in [1.29, 1.82) is 0 Å². The zero-order valence-electron chi connectivity index (χ0n) is 7.80. The third-order valence-electron chi connectivity index (χ3n) is 2.61. The van der Waals surface area contributed by atoms with Crippen molar-refractivity contribution in [2.75, 3.05) is 11.1 Å². The van der Waals surface area contributed by atoms with E-state index in [2.05, 4.69) is 22.0 Å². The van der Waals surface area contributed by atoms with Crippen LogP contribution in [0.4, 0.5) is 0 Å². The lowest BCUT2D eigenvalue weighted by atomic mass is 10.2. The van der Waals surface area contributed by atoms with E-state index in [0.29, 0.717) is 5.41 Å². The van der Waals surface area contributed by atoms with Gasteiger partial charge in [-0.15, -0.1) is 11.8 Å². The first kappa shape index (κ1) is 10.8. The van der Waals surface area contributed by atoms with E-state index < -0.39 is 0 Å². The molecule has 0 saturated heterocycles. The van der Waals surface area contributed by atoms with Crippen LogP contribution in [0.3, 0.4) is 0 Å². The van der Waals surface area contributed by atoms with Crippen molar-refractivity contribution in [3.8, 4) is 0 Å². The highest BCUT2D eigenvalue weighted by atomic mass is 79.9. The molecular weight excluding hydrogens is 280 g/mol. The third kappa shape index (κ3) is 2.47. The molecule has 1 saturated carbocycles. The summed E-state index contributed by atoms with van der Waals surface area (Å²) < 4.78 is 0. The maximum Gasteiger partial charge on any atom is 0.0541 e. The van der Waals surface area contributed by atoms with Gasteiger partial charge in [-0.05, 0) is 30.4 Å². The van der Waals surface area contributed by atoms with Crippen LogP contribution < -0.4 is 0 Å². The van der Waals surface area contributed by atoms with Gasteiger partial charge in [0.15, 0.2) is 0 Å². The van der Waals surface area contributed by atoms with Crippen molar-refractivity contribution < 1.29 is 0 Å². The van der Waals surface area contributed by atoms with Gasteiger partial charge < -0.3 is 0 Å². The number of alkyl halides is 1. The van der Waals surface area contributed by atoms with Crippen LogP contribution >= 0.6 is 39.3 Å². The molecule has 1 aromatic carbocycles. The average Bonchev–Trinajstić information content (AvgIpc) is 2.98. The minimum absolute atomic E-state index is 0.559. The van der Waals surface area contributed by atoms with Gasteiger partial charge in [0.25, 0.3) is 0 Å². The molecule has 0 bridgehead atoms. The lowest BCUT2D eigenvalue weighted by molar-refractivity contribution is 0.686. The zero-order valence-corrected chi connectivity index (χ0v) is 11.0. The molecule has 0 aliphatic heterocycles. The Kier molecular flexibility index (Phi) is 3.46. The summed E-state index contributed by atoms with van der Waals surface area (Å²) in [6.07, 6.45) is 2.71. The standard InChI is InChI=1S/C11H12BrClS/c12-7-11(5-6-11)8-14-10-4-2-1-3-9(10)13/h1-4H,5-8H2. The third-order valence-corrected chi connectivity index (χ3v) is 5.67. The first-order valence-corrected chi connectivity index (χ1v) is 7.18. The summed E-state index contributed by atoms with van der Waals surface area (Å²) in [4.78, 5) is 1.21. The number of halogens is 2. The fourth-order valence-corrected chi connectivity index (χ4v) is 3.84. The molecule has 1 aliphatic carbocycles. The molecule has 0 radical (unpaired) electrons. The molecule has 1 aromatic rings. The van der Waals surface area contributed by atoms with E-state index in [-0.39, 0.29) is 0 Å². The summed E-state index contributed by atoms with van der Waals surface area (Å²) in [5.74, 6) is 1.18. The Bertz CT molecular complexity index is 323. The van der Waals surface area contributed by atoms with Gasteiger partial charge in [-0.2, -0.15) is 0 Å². The molecule has 1 aliphatic rings. The smallest absolute Gasteiger partial charge is 0.0541 e. The average molecular weight is 292 g/mol. The van der Waals surface area contributed by atoms with Crippen LogP contribution in [0.15, 0.2) is 29.2 Å². The van der Waals surface area contributed by atoms with Gasteiger partial charge in [0.05, 0.1) is 5.02 Å². The van der Waals surface area contributed by atoms with Gasteiger partial charge in [0.1, 0.15) is 0 Å². The Morgan fingerprint density at radius 2 is 2.07 bits per heavy atom. The summed E-state index contributed by atoms with van der Waals surface area (Å²) in [5.41, 5.74) is 0.559. The van der Waals surface area contributed by atoms with Crippen LogP contribution in [-0.4, -0.2) is 11.1 Å². The van der Waals surface area contributed by atoms with Gasteiger partial charge >= 0.3 is 0 Å². The van der Waals surface area contributed by atoms with Gasteiger partial charge in [-0.3, -0.25) is 0 Å². The first-order chi connectivity index (χ1) is 6.76. The summed E-state index contributed by atoms with van der Waals surface area (Å²) in [7, 11) is 0. The van der Waals surface area contributed by atoms with Crippen LogP contribution in [0.25, 0.3) is 0 Å². The van der Waals surface area contributed by atoms with E-state index in [9.17, 15) is 0 Å². The van der Waals surface area contributed by atoms with Crippen molar-refractivity contribution in [1.82, 2.24) is 0 Å². The highest BCUT2D eigenvalue weighted by molar-refractivity contribution is 9.09. The molecule has 14 heavy (non-hydrogen) atoms. The predicted octanol–water partition coefficient (Wildman–Crippen LogP) is 4.61. The van der Waals surface area contributed by atoms with E-state index >= 15 is 0 Å². The predicted molar refractivity (Wildman–Crippen MR) is 67.6 cm³/mol. The number of benzene rings is 1. The number of thioether (sulfide) groups is 1. The molecule has 76 valence electrons. The van der Waals surface area contributed by atoms with Crippen LogP contribution in [0.1, 0.15) is 12.8 Å². The van der Waals surface area contributed by atoms with Crippen LogP contribution in [0, 0.1) is 5.41 Å². The van der Waals surface area contributed by atoms with E-state index in [1.165, 1.54) is 23.5 Å². The second kappa shape index (κ2) is 4.46. The molecule has 0 unspecified atom stereocenters. The summed E-state index contributed by atoms with van der Waals surface area (Å²) >= 11 is 11.5. The molecule has 0 N–H and O–H groups in total. The van der Waals surface area contributed by atoms with Crippen LogP contribution in [-0.2, 0) is 0 Å². The Balaban J connectivity index is 1.95. The fraction of sp³-hybridized carbons (Fsp3) is 0.455. The molecule has 0 nitrogen and oxygen atoms in total.